The van der Waals surface area contributed by atoms with Crippen LogP contribution in [0, 0.1) is 11.8 Å². The van der Waals surface area contributed by atoms with Crippen molar-refractivity contribution in [1.82, 2.24) is 10.6 Å². The Morgan fingerprint density at radius 2 is 1.94 bits per heavy atom. The van der Waals surface area contributed by atoms with Crippen molar-refractivity contribution in [3.05, 3.63) is 0 Å². The van der Waals surface area contributed by atoms with Crippen molar-refractivity contribution in [3.8, 4) is 0 Å². The quantitative estimate of drug-likeness (QED) is 0.802. The lowest BCUT2D eigenvalue weighted by Crippen LogP contribution is -2.51. The van der Waals surface area contributed by atoms with Gasteiger partial charge in [-0.25, -0.2) is 0 Å². The molecule has 2 N–H and O–H groups in total. The van der Waals surface area contributed by atoms with E-state index in [0.717, 1.165) is 37.6 Å². The average molecular weight is 252 g/mol. The van der Waals surface area contributed by atoms with Crippen LogP contribution in [0.2, 0.25) is 0 Å². The van der Waals surface area contributed by atoms with E-state index in [2.05, 4.69) is 10.6 Å². The summed E-state index contributed by atoms with van der Waals surface area (Å²) >= 11 is 0. The van der Waals surface area contributed by atoms with E-state index in [-0.39, 0.29) is 0 Å². The summed E-state index contributed by atoms with van der Waals surface area (Å²) in [6.45, 7) is 4.11. The molecule has 1 saturated heterocycles. The first-order chi connectivity index (χ1) is 8.93. The van der Waals surface area contributed by atoms with Gasteiger partial charge in [-0.3, -0.25) is 0 Å². The molecule has 0 aromatic heterocycles. The molecule has 0 aromatic carbocycles. The molecule has 0 amide bonds. The lowest BCUT2D eigenvalue weighted by molar-refractivity contribution is 0.0523. The number of hydrogen-bond donors (Lipinski definition) is 2. The first kappa shape index (κ1) is 12.9. The molecule has 3 atom stereocenters. The van der Waals surface area contributed by atoms with E-state index in [1.165, 1.54) is 51.5 Å². The number of morpholine rings is 1. The van der Waals surface area contributed by atoms with Gasteiger partial charge in [0.1, 0.15) is 0 Å². The molecule has 18 heavy (non-hydrogen) atoms. The zero-order valence-corrected chi connectivity index (χ0v) is 11.5. The summed E-state index contributed by atoms with van der Waals surface area (Å²) in [7, 11) is 0. The Balaban J connectivity index is 1.47. The standard InChI is InChI=1S/C15H28N2O/c1-2-5-12(4-1)10-17-14-7-3-6-13(14)15-11-18-9-8-16-15/h12-17H,1-11H2. The normalized spacial score (nSPS) is 38.3. The summed E-state index contributed by atoms with van der Waals surface area (Å²) in [6, 6.07) is 1.34. The molecule has 104 valence electrons. The molecule has 0 aromatic rings. The van der Waals surface area contributed by atoms with E-state index in [9.17, 15) is 0 Å². The third-order valence-corrected chi connectivity index (χ3v) is 5.18. The monoisotopic (exact) mass is 252 g/mol. The zero-order chi connectivity index (χ0) is 12.2. The Hall–Kier alpha value is -0.120. The molecule has 0 spiro atoms. The molecule has 1 aliphatic heterocycles. The van der Waals surface area contributed by atoms with Crippen molar-refractivity contribution in [2.75, 3.05) is 26.3 Å². The van der Waals surface area contributed by atoms with Crippen molar-refractivity contribution >= 4 is 0 Å². The molecule has 1 heterocycles. The maximum Gasteiger partial charge on any atom is 0.0623 e. The molecule has 3 rings (SSSR count). The molecular weight excluding hydrogens is 224 g/mol. The van der Waals surface area contributed by atoms with Crippen molar-refractivity contribution in [2.45, 2.75) is 57.0 Å². The van der Waals surface area contributed by atoms with Gasteiger partial charge in [0, 0.05) is 18.6 Å². The van der Waals surface area contributed by atoms with Crippen molar-refractivity contribution in [1.29, 1.82) is 0 Å². The topological polar surface area (TPSA) is 33.3 Å². The van der Waals surface area contributed by atoms with Gasteiger partial charge in [-0.05, 0) is 44.1 Å². The minimum Gasteiger partial charge on any atom is -0.379 e. The minimum absolute atomic E-state index is 0.599. The summed E-state index contributed by atoms with van der Waals surface area (Å²) in [5.41, 5.74) is 0. The smallest absolute Gasteiger partial charge is 0.0623 e. The Morgan fingerprint density at radius 1 is 1.06 bits per heavy atom. The van der Waals surface area contributed by atoms with Gasteiger partial charge in [0.25, 0.3) is 0 Å². The molecule has 3 heteroatoms. The molecule has 3 nitrogen and oxygen atoms in total. The van der Waals surface area contributed by atoms with Crippen LogP contribution in [-0.2, 0) is 4.74 Å². The molecule has 2 aliphatic carbocycles. The van der Waals surface area contributed by atoms with E-state index >= 15 is 0 Å². The maximum atomic E-state index is 5.63. The van der Waals surface area contributed by atoms with Gasteiger partial charge in [-0.15, -0.1) is 0 Å². The Bertz CT molecular complexity index is 247. The van der Waals surface area contributed by atoms with Crippen LogP contribution in [0.3, 0.4) is 0 Å². The van der Waals surface area contributed by atoms with Crippen LogP contribution in [0.4, 0.5) is 0 Å². The van der Waals surface area contributed by atoms with Crippen LogP contribution in [-0.4, -0.2) is 38.4 Å². The van der Waals surface area contributed by atoms with Crippen molar-refractivity contribution < 1.29 is 4.74 Å². The SMILES string of the molecule is C1CCC(CNC2CCCC2C2COCCN2)C1. The lowest BCUT2D eigenvalue weighted by atomic mass is 9.93. The lowest BCUT2D eigenvalue weighted by Gasteiger charge is -2.33. The summed E-state index contributed by atoms with van der Waals surface area (Å²) < 4.78 is 5.63. The minimum atomic E-state index is 0.599. The van der Waals surface area contributed by atoms with Gasteiger partial charge >= 0.3 is 0 Å². The maximum absolute atomic E-state index is 5.63. The van der Waals surface area contributed by atoms with Gasteiger partial charge in [0.05, 0.1) is 13.2 Å². The number of hydrogen-bond acceptors (Lipinski definition) is 3. The largest absolute Gasteiger partial charge is 0.379 e. The predicted molar refractivity (Wildman–Crippen MR) is 73.7 cm³/mol. The van der Waals surface area contributed by atoms with E-state index in [0.29, 0.717) is 6.04 Å². The molecule has 3 unspecified atom stereocenters. The summed E-state index contributed by atoms with van der Waals surface area (Å²) in [5.74, 6) is 1.76. The summed E-state index contributed by atoms with van der Waals surface area (Å²) in [5, 5.41) is 7.53. The number of rotatable bonds is 4. The van der Waals surface area contributed by atoms with E-state index < -0.39 is 0 Å². The fraction of sp³-hybridized carbons (Fsp3) is 1.00. The van der Waals surface area contributed by atoms with Crippen LogP contribution in [0.5, 0.6) is 0 Å². The first-order valence-electron chi connectivity index (χ1n) is 7.98. The summed E-state index contributed by atoms with van der Waals surface area (Å²) in [6.07, 6.45) is 9.96. The fourth-order valence-electron chi connectivity index (χ4n) is 4.12. The van der Waals surface area contributed by atoms with Gasteiger partial charge < -0.3 is 15.4 Å². The highest BCUT2D eigenvalue weighted by Crippen LogP contribution is 2.30. The number of nitrogens with one attached hydrogen (secondary N) is 2. The molecule has 0 radical (unpaired) electrons. The Labute approximate surface area is 111 Å². The van der Waals surface area contributed by atoms with Gasteiger partial charge in [0.15, 0.2) is 0 Å². The molecule has 0 bridgehead atoms. The first-order valence-corrected chi connectivity index (χ1v) is 7.98. The van der Waals surface area contributed by atoms with E-state index in [4.69, 9.17) is 4.74 Å². The Morgan fingerprint density at radius 3 is 2.72 bits per heavy atom. The third-order valence-electron chi connectivity index (χ3n) is 5.18. The van der Waals surface area contributed by atoms with Crippen LogP contribution in [0.15, 0.2) is 0 Å². The summed E-state index contributed by atoms with van der Waals surface area (Å²) in [4.78, 5) is 0. The van der Waals surface area contributed by atoms with Gasteiger partial charge in [-0.2, -0.15) is 0 Å². The van der Waals surface area contributed by atoms with Crippen molar-refractivity contribution in [2.24, 2.45) is 11.8 Å². The molecule has 3 fully saturated rings. The zero-order valence-electron chi connectivity index (χ0n) is 11.5. The van der Waals surface area contributed by atoms with Crippen LogP contribution in [0.25, 0.3) is 0 Å². The highest BCUT2D eigenvalue weighted by Gasteiger charge is 2.34. The molecule has 3 aliphatic rings. The van der Waals surface area contributed by atoms with E-state index in [1.54, 1.807) is 0 Å². The molecular formula is C15H28N2O. The van der Waals surface area contributed by atoms with Crippen molar-refractivity contribution in [3.63, 3.8) is 0 Å². The highest BCUT2D eigenvalue weighted by atomic mass is 16.5. The Kier molecular flexibility index (Phi) is 4.55. The highest BCUT2D eigenvalue weighted by molar-refractivity contribution is 4.92. The predicted octanol–water partition coefficient (Wildman–Crippen LogP) is 1.92. The van der Waals surface area contributed by atoms with Gasteiger partial charge in [-0.1, -0.05) is 19.3 Å². The second kappa shape index (κ2) is 6.36. The second-order valence-electron chi connectivity index (χ2n) is 6.40. The molecule has 2 saturated carbocycles. The van der Waals surface area contributed by atoms with Crippen LogP contribution < -0.4 is 10.6 Å². The van der Waals surface area contributed by atoms with Gasteiger partial charge in [0.2, 0.25) is 0 Å². The third kappa shape index (κ3) is 3.06. The van der Waals surface area contributed by atoms with E-state index in [1.807, 2.05) is 0 Å². The fourth-order valence-corrected chi connectivity index (χ4v) is 4.12. The average Bonchev–Trinajstić information content (AvgIpc) is 3.09. The second-order valence-corrected chi connectivity index (χ2v) is 6.40. The van der Waals surface area contributed by atoms with Crippen LogP contribution >= 0.6 is 0 Å². The van der Waals surface area contributed by atoms with Crippen LogP contribution in [0.1, 0.15) is 44.9 Å². The number of ether oxygens (including phenoxy) is 1.